The number of rotatable bonds is 5. The SMILES string of the molecule is CC(=O)c1sc(Nc2ccc(C)cc2F)c(C(=O)NC2CCCNC2)c1C. The van der Waals surface area contributed by atoms with Gasteiger partial charge in [0.05, 0.1) is 16.1 Å². The molecule has 1 aromatic carbocycles. The average Bonchev–Trinajstić information content (AvgIpc) is 2.95. The van der Waals surface area contributed by atoms with Gasteiger partial charge in [0.15, 0.2) is 5.78 Å². The van der Waals surface area contributed by atoms with Crippen molar-refractivity contribution in [1.82, 2.24) is 10.6 Å². The molecule has 0 bridgehead atoms. The molecule has 0 aliphatic carbocycles. The monoisotopic (exact) mass is 389 g/mol. The Balaban J connectivity index is 1.93. The van der Waals surface area contributed by atoms with Crippen LogP contribution in [0, 0.1) is 19.7 Å². The van der Waals surface area contributed by atoms with Crippen LogP contribution < -0.4 is 16.0 Å². The van der Waals surface area contributed by atoms with Crippen molar-refractivity contribution in [2.24, 2.45) is 0 Å². The third-order valence-electron chi connectivity index (χ3n) is 4.70. The van der Waals surface area contributed by atoms with E-state index in [9.17, 15) is 14.0 Å². The molecule has 0 saturated carbocycles. The number of thiophene rings is 1. The zero-order chi connectivity index (χ0) is 19.6. The number of benzene rings is 1. The summed E-state index contributed by atoms with van der Waals surface area (Å²) < 4.78 is 14.3. The summed E-state index contributed by atoms with van der Waals surface area (Å²) in [5.41, 5.74) is 2.14. The second-order valence-electron chi connectivity index (χ2n) is 6.94. The van der Waals surface area contributed by atoms with E-state index in [-0.39, 0.29) is 23.4 Å². The molecule has 1 unspecified atom stereocenters. The summed E-state index contributed by atoms with van der Waals surface area (Å²) in [5.74, 6) is -0.739. The molecule has 1 fully saturated rings. The first-order valence-corrected chi connectivity index (χ1v) is 9.87. The molecule has 7 heteroatoms. The van der Waals surface area contributed by atoms with Crippen LogP contribution in [0.2, 0.25) is 0 Å². The molecule has 1 aromatic heterocycles. The number of nitrogens with one attached hydrogen (secondary N) is 3. The van der Waals surface area contributed by atoms with Gasteiger partial charge in [0.2, 0.25) is 0 Å². The van der Waals surface area contributed by atoms with Gasteiger partial charge in [-0.1, -0.05) is 6.07 Å². The first kappa shape index (κ1) is 19.5. The van der Waals surface area contributed by atoms with Crippen LogP contribution in [0.1, 0.15) is 50.9 Å². The normalized spacial score (nSPS) is 16.8. The number of anilines is 2. The van der Waals surface area contributed by atoms with Crippen molar-refractivity contribution in [3.8, 4) is 0 Å². The number of Topliss-reactive ketones (excluding diaryl/α,β-unsaturated/α-hetero) is 1. The van der Waals surface area contributed by atoms with Crippen LogP contribution in [-0.2, 0) is 0 Å². The molecule has 3 N–H and O–H groups in total. The summed E-state index contributed by atoms with van der Waals surface area (Å²) in [7, 11) is 0. The zero-order valence-corrected chi connectivity index (χ0v) is 16.6. The summed E-state index contributed by atoms with van der Waals surface area (Å²) >= 11 is 1.19. The Bertz CT molecular complexity index is 872. The summed E-state index contributed by atoms with van der Waals surface area (Å²) in [6.07, 6.45) is 1.92. The quantitative estimate of drug-likeness (QED) is 0.678. The van der Waals surface area contributed by atoms with Crippen molar-refractivity contribution in [3.05, 3.63) is 45.6 Å². The van der Waals surface area contributed by atoms with Crippen molar-refractivity contribution < 1.29 is 14.0 Å². The maximum atomic E-state index is 14.3. The molecular weight excluding hydrogens is 365 g/mol. The fraction of sp³-hybridized carbons (Fsp3) is 0.400. The highest BCUT2D eigenvalue weighted by molar-refractivity contribution is 7.18. The molecule has 1 aliphatic heterocycles. The van der Waals surface area contributed by atoms with Gasteiger partial charge in [-0.25, -0.2) is 4.39 Å². The minimum Gasteiger partial charge on any atom is -0.348 e. The van der Waals surface area contributed by atoms with Crippen LogP contribution >= 0.6 is 11.3 Å². The van der Waals surface area contributed by atoms with Crippen LogP contribution in [0.25, 0.3) is 0 Å². The Hall–Kier alpha value is -2.25. The van der Waals surface area contributed by atoms with Crippen LogP contribution in [0.5, 0.6) is 0 Å². The molecule has 1 amide bonds. The average molecular weight is 389 g/mol. The predicted molar refractivity (Wildman–Crippen MR) is 107 cm³/mol. The Labute approximate surface area is 162 Å². The number of hydrogen-bond acceptors (Lipinski definition) is 5. The molecule has 3 rings (SSSR count). The Kier molecular flexibility index (Phi) is 5.92. The Morgan fingerprint density at radius 3 is 2.70 bits per heavy atom. The lowest BCUT2D eigenvalue weighted by atomic mass is 10.1. The van der Waals surface area contributed by atoms with Crippen LogP contribution in [0.4, 0.5) is 15.1 Å². The number of carbonyl (C=O) groups is 2. The highest BCUT2D eigenvalue weighted by Crippen LogP contribution is 2.36. The van der Waals surface area contributed by atoms with E-state index in [1.54, 1.807) is 19.1 Å². The van der Waals surface area contributed by atoms with E-state index in [4.69, 9.17) is 0 Å². The number of halogens is 1. The van der Waals surface area contributed by atoms with Crippen molar-refractivity contribution in [1.29, 1.82) is 0 Å². The van der Waals surface area contributed by atoms with Gasteiger partial charge in [-0.3, -0.25) is 9.59 Å². The van der Waals surface area contributed by atoms with E-state index in [2.05, 4.69) is 16.0 Å². The number of piperidine rings is 1. The second-order valence-corrected chi connectivity index (χ2v) is 7.96. The number of ketones is 1. The number of carbonyl (C=O) groups excluding carboxylic acids is 2. The first-order valence-electron chi connectivity index (χ1n) is 9.06. The van der Waals surface area contributed by atoms with Crippen LogP contribution in [0.3, 0.4) is 0 Å². The van der Waals surface area contributed by atoms with Gasteiger partial charge in [0.25, 0.3) is 5.91 Å². The van der Waals surface area contributed by atoms with Gasteiger partial charge < -0.3 is 16.0 Å². The number of aryl methyl sites for hydroxylation is 1. The van der Waals surface area contributed by atoms with Gasteiger partial charge in [-0.05, 0) is 63.4 Å². The van der Waals surface area contributed by atoms with Gasteiger partial charge >= 0.3 is 0 Å². The van der Waals surface area contributed by atoms with Crippen molar-refractivity contribution >= 4 is 33.7 Å². The molecule has 2 heterocycles. The fourth-order valence-electron chi connectivity index (χ4n) is 3.29. The first-order chi connectivity index (χ1) is 12.9. The van der Waals surface area contributed by atoms with Gasteiger partial charge in [-0.15, -0.1) is 11.3 Å². The van der Waals surface area contributed by atoms with E-state index >= 15 is 0 Å². The number of amides is 1. The van der Waals surface area contributed by atoms with E-state index in [0.717, 1.165) is 31.5 Å². The van der Waals surface area contributed by atoms with Gasteiger partial charge in [0.1, 0.15) is 10.8 Å². The smallest absolute Gasteiger partial charge is 0.254 e. The molecule has 2 aromatic rings. The largest absolute Gasteiger partial charge is 0.348 e. The van der Waals surface area contributed by atoms with Crippen molar-refractivity contribution in [3.63, 3.8) is 0 Å². The van der Waals surface area contributed by atoms with Crippen molar-refractivity contribution in [2.75, 3.05) is 18.4 Å². The Morgan fingerprint density at radius 1 is 1.30 bits per heavy atom. The van der Waals surface area contributed by atoms with Gasteiger partial charge in [0, 0.05) is 12.6 Å². The second kappa shape index (κ2) is 8.19. The summed E-state index contributed by atoms with van der Waals surface area (Å²) in [4.78, 5) is 25.4. The standard InChI is InChI=1S/C20H24FN3O2S/c1-11-6-7-16(15(21)9-11)24-20-17(12(2)18(27-20)13(3)25)19(26)23-14-5-4-8-22-10-14/h6-7,9,14,22,24H,4-5,8,10H2,1-3H3,(H,23,26). The zero-order valence-electron chi connectivity index (χ0n) is 15.7. The topological polar surface area (TPSA) is 70.2 Å². The van der Waals surface area contributed by atoms with Gasteiger partial charge in [-0.2, -0.15) is 0 Å². The molecule has 1 saturated heterocycles. The Morgan fingerprint density at radius 2 is 2.07 bits per heavy atom. The van der Waals surface area contributed by atoms with E-state index < -0.39 is 5.82 Å². The maximum absolute atomic E-state index is 14.3. The fourth-order valence-corrected chi connectivity index (χ4v) is 4.40. The predicted octanol–water partition coefficient (Wildman–Crippen LogP) is 3.93. The number of hydrogen-bond donors (Lipinski definition) is 3. The van der Waals surface area contributed by atoms with Crippen LogP contribution in [-0.4, -0.2) is 30.8 Å². The summed E-state index contributed by atoms with van der Waals surface area (Å²) in [5, 5.41) is 9.81. The molecule has 1 atom stereocenters. The lowest BCUT2D eigenvalue weighted by Crippen LogP contribution is -2.45. The lowest BCUT2D eigenvalue weighted by molar-refractivity contribution is 0.0931. The van der Waals surface area contributed by atoms with E-state index in [1.165, 1.54) is 24.3 Å². The summed E-state index contributed by atoms with van der Waals surface area (Å²) in [6, 6.07) is 4.92. The summed E-state index contributed by atoms with van der Waals surface area (Å²) in [6.45, 7) is 6.73. The molecule has 27 heavy (non-hydrogen) atoms. The van der Waals surface area contributed by atoms with Crippen molar-refractivity contribution in [2.45, 2.75) is 39.7 Å². The highest BCUT2D eigenvalue weighted by atomic mass is 32.1. The third-order valence-corrected chi connectivity index (χ3v) is 6.01. The molecular formula is C20H24FN3O2S. The van der Waals surface area contributed by atoms with E-state index in [1.807, 2.05) is 6.92 Å². The molecule has 0 spiro atoms. The maximum Gasteiger partial charge on any atom is 0.254 e. The van der Waals surface area contributed by atoms with Crippen LogP contribution in [0.15, 0.2) is 18.2 Å². The van der Waals surface area contributed by atoms with E-state index in [0.29, 0.717) is 21.0 Å². The lowest BCUT2D eigenvalue weighted by Gasteiger charge is -2.24. The molecule has 144 valence electrons. The minimum absolute atomic E-state index is 0.0512. The third kappa shape index (κ3) is 4.36. The molecule has 5 nitrogen and oxygen atoms in total. The molecule has 0 radical (unpaired) electrons. The molecule has 1 aliphatic rings. The highest BCUT2D eigenvalue weighted by Gasteiger charge is 2.26. The minimum atomic E-state index is -0.395.